The van der Waals surface area contributed by atoms with E-state index in [2.05, 4.69) is 71.7 Å². The number of fused-ring (bicyclic) bond motifs is 2. The molecule has 2 bridgehead atoms. The lowest BCUT2D eigenvalue weighted by Crippen LogP contribution is -2.65. The number of anilines is 1. The van der Waals surface area contributed by atoms with Gasteiger partial charge in [0.2, 0.25) is 52.6 Å². The number of carbonyl (C=O) groups is 13. The topological polar surface area (TPSA) is 682 Å². The van der Waals surface area contributed by atoms with E-state index in [-0.39, 0.29) is 116 Å². The lowest BCUT2D eigenvalue weighted by atomic mass is 9.75. The summed E-state index contributed by atoms with van der Waals surface area (Å²) in [4.78, 5) is 180. The average molecular weight is 2170 g/mol. The van der Waals surface area contributed by atoms with Gasteiger partial charge in [0.05, 0.1) is 97.0 Å². The zero-order valence-electron chi connectivity index (χ0n) is 80.6. The highest BCUT2D eigenvalue weighted by Crippen LogP contribution is 2.50. The molecule has 0 unspecified atom stereocenters. The van der Waals surface area contributed by atoms with Crippen molar-refractivity contribution >= 4 is 138 Å². The number of aliphatic hydroxyl groups excluding tert-OH is 4. The number of ketones is 1. The summed E-state index contributed by atoms with van der Waals surface area (Å²) < 4.78 is 79.5. The van der Waals surface area contributed by atoms with Crippen LogP contribution in [0.5, 0.6) is 17.2 Å². The Morgan fingerprint density at radius 2 is 1.43 bits per heavy atom. The number of carboxylic acids is 2. The summed E-state index contributed by atoms with van der Waals surface area (Å²) >= 11 is 2.68. The van der Waals surface area contributed by atoms with E-state index in [1.807, 2.05) is 22.6 Å². The second-order valence-corrected chi connectivity index (χ2v) is 38.8. The molecule has 8 rings (SSSR count). The summed E-state index contributed by atoms with van der Waals surface area (Å²) in [5.41, 5.74) is 17.1. The molecule has 0 spiro atoms. The first kappa shape index (κ1) is 117. The first-order valence-corrected chi connectivity index (χ1v) is 50.0. The van der Waals surface area contributed by atoms with Crippen LogP contribution in [0.3, 0.4) is 0 Å². The van der Waals surface area contributed by atoms with Gasteiger partial charge in [0.25, 0.3) is 0 Å². The van der Waals surface area contributed by atoms with Crippen LogP contribution in [0.1, 0.15) is 134 Å². The molecule has 0 saturated carbocycles. The van der Waals surface area contributed by atoms with Gasteiger partial charge in [0, 0.05) is 81.8 Å². The van der Waals surface area contributed by atoms with E-state index in [9.17, 15) is 98.1 Å². The third-order valence-corrected chi connectivity index (χ3v) is 28.5. The molecular weight excluding hydrogens is 2040 g/mol. The minimum atomic E-state index is -2.42. The van der Waals surface area contributed by atoms with Crippen molar-refractivity contribution in [2.75, 3.05) is 85.2 Å². The standard InChI is InChI=1S/C91H128IN13O34S3/c1-14-105(90(124)132-40-49-25-27-50(28-26-49)99-81(116)54(23-21-34-96-88(95)122)101-83(118)68(43(2)3)102-82(117)53(98-48(8)106)22-18-20-33-93)56-41-131-63(37-60(56)126-9)137-77-72(113)69(104-139-64-36-57(107)79(47(7)133-64)142-85(121)65-44(4)67(92)75(78(129-12)74(65)127-10)138-86-73(114)76(128-11)71(112)46(6)135-86)45(5)134-87(77)136-59-24-17-15-16-19-32-91(125)38-58(108)70(103-89(123)130-13)66(59)51(91)31-35-140-141-42-55(80(115)97-39-62(110)111)100-61(109)30-29-52(94)84(119)120/h15-16,25-28,31,43,45-47,52-57,59-60,63-64,68-69,71-73,76-77,79,86-87,104,107,112-114,125H,14,18,20-23,29-30,33-42,93-94H2,1-13H3,(H,97,115)(H,98,106)(H,99,116)(H,100,109)(H,101,118)(H,102,117)(H,103,123)(H,110,111)(H,119,120)(H3,95,96,122)/b16-15-,51-31+/t45-,46+,47-,52+,53+,54+,55+,56+,57+,59+,60+,63+,64+,68+,69-,71+,72+,73-,76-,77-,79-,86+,87+,91+/m1/s1. The molecule has 4 aliphatic heterocycles. The molecule has 786 valence electrons. The molecule has 51 heteroatoms. The third kappa shape index (κ3) is 32.6. The number of Topliss-reactive ketones (excluding diaryl/α,β-unsaturated/α-hetero) is 1. The number of thioether (sulfide) groups is 1. The fourth-order valence-electron chi connectivity index (χ4n) is 16.0. The molecule has 10 amide bonds. The Balaban J connectivity index is 1.05. The van der Waals surface area contributed by atoms with Crippen LogP contribution in [-0.4, -0.2) is 342 Å². The molecule has 2 aromatic rings. The largest absolute Gasteiger partial charge is 0.492 e. The Bertz CT molecular complexity index is 4980. The van der Waals surface area contributed by atoms with Gasteiger partial charge in [0.15, 0.2) is 41.8 Å². The molecule has 22 N–H and O–H groups in total. The number of unbranched alkanes of at least 4 members (excludes halogenated alkanes) is 1. The van der Waals surface area contributed by atoms with Gasteiger partial charge < -0.3 is 157 Å². The van der Waals surface area contributed by atoms with Crippen molar-refractivity contribution in [3.63, 3.8) is 0 Å². The molecule has 4 saturated heterocycles. The van der Waals surface area contributed by atoms with Crippen molar-refractivity contribution in [3.8, 4) is 40.9 Å². The normalized spacial score (nSPS) is 26.8. The number of likely N-dealkylation sites (N-methyl/N-ethyl adjacent to an activating group) is 1. The van der Waals surface area contributed by atoms with Gasteiger partial charge >= 0.3 is 30.2 Å². The summed E-state index contributed by atoms with van der Waals surface area (Å²) in [6.45, 7) is 11.6. The number of nitrogens with two attached hydrogens (primary N) is 3. The van der Waals surface area contributed by atoms with E-state index in [0.717, 1.165) is 40.5 Å². The van der Waals surface area contributed by atoms with Crippen LogP contribution in [0.2, 0.25) is 0 Å². The molecule has 4 fully saturated rings. The van der Waals surface area contributed by atoms with Crippen LogP contribution < -0.4 is 79.4 Å². The maximum Gasteiger partial charge on any atom is 0.411 e. The number of amides is 10. The predicted molar refractivity (Wildman–Crippen MR) is 518 cm³/mol. The highest BCUT2D eigenvalue weighted by atomic mass is 127. The fourth-order valence-corrected chi connectivity index (χ4v) is 19.8. The number of methoxy groups -OCH3 is 5. The summed E-state index contributed by atoms with van der Waals surface area (Å²) in [6.07, 6.45) is -19.0. The maximum absolute atomic E-state index is 14.7. The van der Waals surface area contributed by atoms with Crippen LogP contribution in [0.15, 0.2) is 59.3 Å². The Labute approximate surface area is 845 Å². The number of allylic oxidation sites excluding steroid dienone is 3. The Kier molecular flexibility index (Phi) is 46.8. The molecule has 47 nitrogen and oxygen atoms in total. The number of alkyl carbamates (subject to hydrolysis) is 1. The first-order chi connectivity index (χ1) is 67.5. The summed E-state index contributed by atoms with van der Waals surface area (Å²) in [5.74, 6) is 2.33. The van der Waals surface area contributed by atoms with E-state index in [4.69, 9.17) is 83.6 Å². The summed E-state index contributed by atoms with van der Waals surface area (Å²) in [7, 11) is 8.31. The average Bonchev–Trinajstić information content (AvgIpc) is 0.748. The van der Waals surface area contributed by atoms with Crippen molar-refractivity contribution in [2.45, 2.75) is 272 Å². The zero-order chi connectivity index (χ0) is 105. The van der Waals surface area contributed by atoms with Crippen LogP contribution in [0, 0.1) is 40.1 Å². The number of carboxylic acid groups (broad SMARTS) is 2. The number of hydroxylamine groups is 1. The zero-order valence-corrected chi connectivity index (χ0v) is 85.2. The summed E-state index contributed by atoms with van der Waals surface area (Å²) in [6, 6.07) is -3.04. The fraction of sp³-hybridized carbons (Fsp3) is 0.615. The number of nitrogens with one attached hydrogen (secondary N) is 9. The number of aliphatic hydroxyl groups is 5. The lowest BCUT2D eigenvalue weighted by molar-refractivity contribution is -0.337. The van der Waals surface area contributed by atoms with Crippen molar-refractivity contribution in [1.82, 2.24) is 47.6 Å². The van der Waals surface area contributed by atoms with Gasteiger partial charge in [0.1, 0.15) is 80.0 Å². The van der Waals surface area contributed by atoms with Gasteiger partial charge in [-0.05, 0) is 144 Å². The number of rotatable bonds is 49. The highest BCUT2D eigenvalue weighted by molar-refractivity contribution is 14.1. The molecule has 2 aliphatic carbocycles. The van der Waals surface area contributed by atoms with Crippen molar-refractivity contribution in [2.24, 2.45) is 23.1 Å². The quantitative estimate of drug-likeness (QED) is 0.0141. The van der Waals surface area contributed by atoms with Crippen molar-refractivity contribution in [1.29, 1.82) is 0 Å². The van der Waals surface area contributed by atoms with Crippen molar-refractivity contribution in [3.05, 3.63) is 79.6 Å². The molecule has 0 aromatic heterocycles. The van der Waals surface area contributed by atoms with E-state index in [1.54, 1.807) is 53.7 Å². The Morgan fingerprint density at radius 3 is 2.06 bits per heavy atom. The molecule has 4 heterocycles. The van der Waals surface area contributed by atoms with Crippen LogP contribution in [0.4, 0.5) is 20.1 Å². The number of halogens is 1. The van der Waals surface area contributed by atoms with Gasteiger partial charge in [-0.15, -0.1) is 0 Å². The Hall–Kier alpha value is -9.81. The number of urea groups is 1. The first-order valence-electron chi connectivity index (χ1n) is 45.6. The van der Waals surface area contributed by atoms with E-state index in [1.165, 1.54) is 77.5 Å². The van der Waals surface area contributed by atoms with Gasteiger partial charge in [-0.25, -0.2) is 14.4 Å². The number of carbonyl (C=O) groups excluding carboxylic acids is 11. The third-order valence-electron chi connectivity index (χ3n) is 23.6. The minimum absolute atomic E-state index is 0.000157. The maximum atomic E-state index is 14.7. The van der Waals surface area contributed by atoms with Crippen LogP contribution in [-0.2, 0) is 102 Å². The molecular formula is C91H128IN13O34S3. The smallest absolute Gasteiger partial charge is 0.411 e. The number of primary amides is 1. The van der Waals surface area contributed by atoms with E-state index < -0.39 is 253 Å². The minimum Gasteiger partial charge on any atom is -0.492 e. The number of nitrogens with zero attached hydrogens (tertiary/aromatic N) is 1. The van der Waals surface area contributed by atoms with Gasteiger partial charge in [-0.3, -0.25) is 58.1 Å². The van der Waals surface area contributed by atoms with Crippen LogP contribution in [0.25, 0.3) is 0 Å². The van der Waals surface area contributed by atoms with Gasteiger partial charge in [-0.1, -0.05) is 89.1 Å². The SMILES string of the molecule is CCN(C(=O)OCc1ccc(NC(=O)[C@H](CCCNC(N)=O)NC(=O)[C@@H](NC(=O)[C@H](CCCCN)NC(C)=O)C(C)C)cc1)[C@H]1CO[C@@H](O[C@H]2[C@H](O[C@H]3C#C/C=C\C#C[C@]4(O)CC(=O)C(NC(=O)OC)=C3/C4=C\CSSC[C@H](NC(=O)CC[C@H](N)C(=O)O)C(=O)NCC(=O)O)O[C@H](C)[C@@H](NO[C@H]3C[C@H](O)[C@H](SC(=O)c4c(C)c(I)c(O[C@@H]5O[C@@H](C)[C@H](O)[C@@H](OC)[C@H]5O)c(OC)c4OC)[C@@H](C)O3)[C@@H]2O)C[C@@H]1OC. The number of benzene rings is 2. The highest BCUT2D eigenvalue weighted by Gasteiger charge is 2.53. The van der Waals surface area contributed by atoms with Gasteiger partial charge in [-0.2, -0.15) is 5.48 Å². The Morgan fingerprint density at radius 1 is 0.739 bits per heavy atom. The van der Waals surface area contributed by atoms with E-state index >= 15 is 0 Å². The number of hydrogen-bond acceptors (Lipinski definition) is 38. The molecule has 2 aromatic carbocycles. The molecule has 6 aliphatic rings. The number of hydrogen-bond donors (Lipinski definition) is 19. The second kappa shape index (κ2) is 56.6. The van der Waals surface area contributed by atoms with Crippen LogP contribution >= 0.6 is 55.9 Å². The monoisotopic (exact) mass is 2170 g/mol. The number of aliphatic carboxylic acids is 2. The second-order valence-electron chi connectivity index (χ2n) is 34.0. The van der Waals surface area contributed by atoms with Crippen molar-refractivity contribution < 1.29 is 164 Å². The molecule has 0 radical (unpaired) electrons. The summed E-state index contributed by atoms with van der Waals surface area (Å²) in [5, 5.41) is 97.3. The predicted octanol–water partition coefficient (Wildman–Crippen LogP) is 0.492. The number of ether oxygens (including phenoxy) is 13. The molecule has 24 atom stereocenters. The molecule has 142 heavy (non-hydrogen) atoms. The lowest BCUT2D eigenvalue weighted by Gasteiger charge is -2.47. The van der Waals surface area contributed by atoms with E-state index in [0.29, 0.717) is 34.1 Å².